The van der Waals surface area contributed by atoms with Gasteiger partial charge in [0.05, 0.1) is 0 Å². The van der Waals surface area contributed by atoms with Crippen LogP contribution in [0.5, 0.6) is 0 Å². The van der Waals surface area contributed by atoms with Gasteiger partial charge in [0.25, 0.3) is 0 Å². The Morgan fingerprint density at radius 3 is 0.778 bits per heavy atom. The van der Waals surface area contributed by atoms with Gasteiger partial charge >= 0.3 is 17.9 Å². The third-order valence-electron chi connectivity index (χ3n) is 13.0. The van der Waals surface area contributed by atoms with Crippen molar-refractivity contribution in [3.63, 3.8) is 0 Å². The molecular weight excluding hydrogens is 781 g/mol. The molecule has 6 heteroatoms. The minimum Gasteiger partial charge on any atom is -0.462 e. The van der Waals surface area contributed by atoms with Crippen LogP contribution < -0.4 is 0 Å². The van der Waals surface area contributed by atoms with Gasteiger partial charge in [0.2, 0.25) is 0 Å². The molecule has 0 aromatic carbocycles. The fourth-order valence-electron chi connectivity index (χ4n) is 8.70. The van der Waals surface area contributed by atoms with Crippen molar-refractivity contribution < 1.29 is 28.6 Å². The molecule has 0 unspecified atom stereocenters. The van der Waals surface area contributed by atoms with Crippen LogP contribution in [-0.4, -0.2) is 37.2 Å². The van der Waals surface area contributed by atoms with Crippen LogP contribution in [0.4, 0.5) is 0 Å². The van der Waals surface area contributed by atoms with Crippen molar-refractivity contribution in [2.45, 2.75) is 323 Å². The molecular formula is C57H110O6. The second-order valence-electron chi connectivity index (χ2n) is 20.5. The lowest BCUT2D eigenvalue weighted by Gasteiger charge is -2.18. The maximum absolute atomic E-state index is 12.8. The van der Waals surface area contributed by atoms with E-state index in [1.165, 1.54) is 205 Å². The van der Waals surface area contributed by atoms with Crippen LogP contribution in [0.3, 0.4) is 0 Å². The number of unbranched alkanes of at least 4 members (excludes halogenated alkanes) is 36. The van der Waals surface area contributed by atoms with Gasteiger partial charge in [-0.3, -0.25) is 14.4 Å². The van der Waals surface area contributed by atoms with E-state index >= 15 is 0 Å². The lowest BCUT2D eigenvalue weighted by Crippen LogP contribution is -2.30. The molecule has 1 atom stereocenters. The Morgan fingerprint density at radius 1 is 0.302 bits per heavy atom. The molecule has 0 aromatic rings. The number of carbonyl (C=O) groups excluding carboxylic acids is 3. The highest BCUT2D eigenvalue weighted by atomic mass is 16.6. The maximum Gasteiger partial charge on any atom is 0.306 e. The van der Waals surface area contributed by atoms with Gasteiger partial charge < -0.3 is 14.2 Å². The molecule has 0 aliphatic rings. The molecule has 0 rings (SSSR count). The topological polar surface area (TPSA) is 78.9 Å². The molecule has 0 saturated heterocycles. The van der Waals surface area contributed by atoms with Crippen molar-refractivity contribution >= 4 is 17.9 Å². The van der Waals surface area contributed by atoms with Crippen LogP contribution in [0.25, 0.3) is 0 Å². The molecule has 0 fully saturated rings. The van der Waals surface area contributed by atoms with E-state index in [1.807, 2.05) is 0 Å². The van der Waals surface area contributed by atoms with E-state index in [4.69, 9.17) is 14.2 Å². The number of ether oxygens (including phenoxy) is 3. The highest BCUT2D eigenvalue weighted by Gasteiger charge is 2.19. The Balaban J connectivity index is 4.27. The quantitative estimate of drug-likeness (QED) is 0.0344. The molecule has 0 radical (unpaired) electrons. The molecule has 0 heterocycles. The van der Waals surface area contributed by atoms with Gasteiger partial charge in [0, 0.05) is 19.3 Å². The Morgan fingerprint density at radius 2 is 0.524 bits per heavy atom. The Bertz CT molecular complexity index is 962. The van der Waals surface area contributed by atoms with Crippen LogP contribution in [-0.2, 0) is 28.6 Å². The molecule has 374 valence electrons. The summed E-state index contributed by atoms with van der Waals surface area (Å²) in [6, 6.07) is 0. The molecule has 63 heavy (non-hydrogen) atoms. The summed E-state index contributed by atoms with van der Waals surface area (Å²) in [6.45, 7) is 11.4. The predicted octanol–water partition coefficient (Wildman–Crippen LogP) is 18.5. The molecule has 0 spiro atoms. The maximum atomic E-state index is 12.8. The monoisotopic (exact) mass is 891 g/mol. The third-order valence-corrected chi connectivity index (χ3v) is 13.0. The zero-order chi connectivity index (χ0) is 46.1. The van der Waals surface area contributed by atoms with E-state index in [1.54, 1.807) is 0 Å². The molecule has 0 aromatic heterocycles. The molecule has 0 bridgehead atoms. The molecule has 0 saturated carbocycles. The van der Waals surface area contributed by atoms with Crippen LogP contribution in [0.1, 0.15) is 317 Å². The SMILES string of the molecule is CCCCCCCCCCCCCCCCCCCCC(=O)OC[C@@H](COC(=O)CCCCCCCCCCCCCCC(C)C)OC(=O)CCCCCCCCCCCC(C)C. The average molecular weight is 892 g/mol. The standard InChI is InChI=1S/C57H110O6/c1-6-7-8-9-10-11-12-13-14-15-16-17-18-22-27-32-37-42-47-55(58)61-50-54(63-57(60)49-44-39-34-29-24-26-31-36-41-46-53(4)5)51-62-56(59)48-43-38-33-28-23-20-19-21-25-30-35-40-45-52(2)3/h52-54H,6-51H2,1-5H3/t54-/m0/s1. The van der Waals surface area contributed by atoms with E-state index in [0.717, 1.165) is 69.6 Å². The molecule has 0 amide bonds. The summed E-state index contributed by atoms with van der Waals surface area (Å²) >= 11 is 0. The van der Waals surface area contributed by atoms with Crippen molar-refractivity contribution in [2.24, 2.45) is 11.8 Å². The van der Waals surface area contributed by atoms with E-state index in [9.17, 15) is 14.4 Å². The van der Waals surface area contributed by atoms with E-state index in [-0.39, 0.29) is 31.1 Å². The minimum atomic E-state index is -0.763. The van der Waals surface area contributed by atoms with Crippen LogP contribution >= 0.6 is 0 Å². The second kappa shape index (κ2) is 49.8. The summed E-state index contributed by atoms with van der Waals surface area (Å²) < 4.78 is 16.9. The number of rotatable bonds is 51. The van der Waals surface area contributed by atoms with E-state index in [0.29, 0.717) is 19.3 Å². The molecule has 0 aliphatic carbocycles. The Hall–Kier alpha value is -1.59. The first-order valence-corrected chi connectivity index (χ1v) is 28.2. The fraction of sp³-hybridized carbons (Fsp3) is 0.947. The zero-order valence-electron chi connectivity index (χ0n) is 43.2. The van der Waals surface area contributed by atoms with Crippen molar-refractivity contribution in [1.82, 2.24) is 0 Å². The Labute approximate surface area is 393 Å². The van der Waals surface area contributed by atoms with Gasteiger partial charge in [0.1, 0.15) is 13.2 Å². The second-order valence-corrected chi connectivity index (χ2v) is 20.5. The summed E-state index contributed by atoms with van der Waals surface area (Å²) in [5.74, 6) is 0.796. The lowest BCUT2D eigenvalue weighted by molar-refractivity contribution is -0.167. The van der Waals surface area contributed by atoms with Crippen LogP contribution in [0, 0.1) is 11.8 Å². The predicted molar refractivity (Wildman–Crippen MR) is 270 cm³/mol. The zero-order valence-corrected chi connectivity index (χ0v) is 43.2. The normalized spacial score (nSPS) is 12.0. The fourth-order valence-corrected chi connectivity index (χ4v) is 8.70. The highest BCUT2D eigenvalue weighted by Crippen LogP contribution is 2.18. The van der Waals surface area contributed by atoms with Gasteiger partial charge in [-0.25, -0.2) is 0 Å². The smallest absolute Gasteiger partial charge is 0.306 e. The molecule has 6 nitrogen and oxygen atoms in total. The van der Waals surface area contributed by atoms with Crippen LogP contribution in [0.2, 0.25) is 0 Å². The van der Waals surface area contributed by atoms with E-state index in [2.05, 4.69) is 34.6 Å². The minimum absolute atomic E-state index is 0.0633. The number of carbonyl (C=O) groups is 3. The van der Waals surface area contributed by atoms with Gasteiger partial charge in [-0.2, -0.15) is 0 Å². The van der Waals surface area contributed by atoms with Gasteiger partial charge in [0.15, 0.2) is 6.10 Å². The van der Waals surface area contributed by atoms with Crippen molar-refractivity contribution in [3.8, 4) is 0 Å². The Kier molecular flexibility index (Phi) is 48.6. The lowest BCUT2D eigenvalue weighted by atomic mass is 10.0. The van der Waals surface area contributed by atoms with Crippen molar-refractivity contribution in [2.75, 3.05) is 13.2 Å². The third kappa shape index (κ3) is 51.3. The van der Waals surface area contributed by atoms with Crippen LogP contribution in [0.15, 0.2) is 0 Å². The van der Waals surface area contributed by atoms with Gasteiger partial charge in [-0.15, -0.1) is 0 Å². The number of esters is 3. The summed E-state index contributed by atoms with van der Waals surface area (Å²) in [5.41, 5.74) is 0. The van der Waals surface area contributed by atoms with Crippen molar-refractivity contribution in [3.05, 3.63) is 0 Å². The largest absolute Gasteiger partial charge is 0.462 e. The first-order chi connectivity index (χ1) is 30.7. The average Bonchev–Trinajstić information content (AvgIpc) is 3.25. The van der Waals surface area contributed by atoms with Gasteiger partial charge in [-0.1, -0.05) is 279 Å². The highest BCUT2D eigenvalue weighted by molar-refractivity contribution is 5.71. The van der Waals surface area contributed by atoms with E-state index < -0.39 is 6.10 Å². The first-order valence-electron chi connectivity index (χ1n) is 28.2. The number of hydrogen-bond donors (Lipinski definition) is 0. The number of hydrogen-bond acceptors (Lipinski definition) is 6. The summed E-state index contributed by atoms with van der Waals surface area (Å²) in [6.07, 6.45) is 52.4. The van der Waals surface area contributed by atoms with Crippen molar-refractivity contribution in [1.29, 1.82) is 0 Å². The summed E-state index contributed by atoms with van der Waals surface area (Å²) in [4.78, 5) is 38.1. The molecule has 0 aliphatic heterocycles. The molecule has 0 N–H and O–H groups in total. The summed E-state index contributed by atoms with van der Waals surface area (Å²) in [5, 5.41) is 0. The van der Waals surface area contributed by atoms with Gasteiger partial charge in [-0.05, 0) is 31.1 Å². The first kappa shape index (κ1) is 61.4. The summed E-state index contributed by atoms with van der Waals surface area (Å²) in [7, 11) is 0.